The number of H-pyrrole nitrogens is 1. The van der Waals surface area contributed by atoms with E-state index in [0.29, 0.717) is 11.5 Å². The van der Waals surface area contributed by atoms with Crippen LogP contribution in [0, 0.1) is 25.2 Å². The van der Waals surface area contributed by atoms with Crippen LogP contribution in [0.1, 0.15) is 70.7 Å². The van der Waals surface area contributed by atoms with Crippen molar-refractivity contribution in [1.29, 1.82) is 5.26 Å². The van der Waals surface area contributed by atoms with Gasteiger partial charge in [-0.1, -0.05) is 31.5 Å². The maximum absolute atomic E-state index is 13.3. The zero-order valence-corrected chi connectivity index (χ0v) is 19.1. The number of likely N-dealkylation sites (tertiary alicyclic amines) is 1. The summed E-state index contributed by atoms with van der Waals surface area (Å²) in [6.45, 7) is 7.66. The molecular formula is C27H30N4O. The van der Waals surface area contributed by atoms with Crippen LogP contribution in [0.15, 0.2) is 42.5 Å². The predicted octanol–water partition coefficient (Wildman–Crippen LogP) is 5.54. The summed E-state index contributed by atoms with van der Waals surface area (Å²) in [6, 6.07) is 16.1. The molecule has 2 heterocycles. The Morgan fingerprint density at radius 1 is 1.16 bits per heavy atom. The van der Waals surface area contributed by atoms with Crippen LogP contribution in [0.2, 0.25) is 0 Å². The van der Waals surface area contributed by atoms with Crippen molar-refractivity contribution in [1.82, 2.24) is 14.9 Å². The molecule has 0 atom stereocenters. The molecule has 1 amide bonds. The fourth-order valence-corrected chi connectivity index (χ4v) is 4.72. The Balaban J connectivity index is 1.51. The van der Waals surface area contributed by atoms with Crippen LogP contribution in [0.5, 0.6) is 0 Å². The first-order valence-corrected chi connectivity index (χ1v) is 11.5. The zero-order chi connectivity index (χ0) is 22.7. The summed E-state index contributed by atoms with van der Waals surface area (Å²) in [5, 5.41) is 9.00. The minimum absolute atomic E-state index is 0.0949. The molecule has 32 heavy (non-hydrogen) atoms. The van der Waals surface area contributed by atoms with Crippen molar-refractivity contribution in [3.63, 3.8) is 0 Å². The minimum atomic E-state index is 0.0949. The highest BCUT2D eigenvalue weighted by molar-refractivity contribution is 5.96. The van der Waals surface area contributed by atoms with Gasteiger partial charge in [-0.25, -0.2) is 4.98 Å². The quantitative estimate of drug-likeness (QED) is 0.582. The lowest BCUT2D eigenvalue weighted by Crippen LogP contribution is -2.38. The highest BCUT2D eigenvalue weighted by Crippen LogP contribution is 2.31. The number of aryl methyl sites for hydroxylation is 3. The van der Waals surface area contributed by atoms with E-state index in [2.05, 4.69) is 24.0 Å². The van der Waals surface area contributed by atoms with E-state index in [0.717, 1.165) is 67.1 Å². The van der Waals surface area contributed by atoms with Gasteiger partial charge in [0.1, 0.15) is 5.82 Å². The summed E-state index contributed by atoms with van der Waals surface area (Å²) in [5.74, 6) is 1.42. The van der Waals surface area contributed by atoms with E-state index in [-0.39, 0.29) is 5.91 Å². The molecule has 1 aliphatic rings. The summed E-state index contributed by atoms with van der Waals surface area (Å²) in [5.41, 5.74) is 6.95. The molecule has 0 unspecified atom stereocenters. The second kappa shape index (κ2) is 9.40. The highest BCUT2D eigenvalue weighted by Gasteiger charge is 2.25. The van der Waals surface area contributed by atoms with Crippen LogP contribution < -0.4 is 0 Å². The van der Waals surface area contributed by atoms with Gasteiger partial charge in [0.05, 0.1) is 17.3 Å². The molecular weight excluding hydrogens is 396 g/mol. The van der Waals surface area contributed by atoms with E-state index in [1.54, 1.807) is 0 Å². The predicted molar refractivity (Wildman–Crippen MR) is 127 cm³/mol. The topological polar surface area (TPSA) is 72.8 Å². The Labute approximate surface area is 190 Å². The highest BCUT2D eigenvalue weighted by atomic mass is 16.2. The van der Waals surface area contributed by atoms with Crippen molar-refractivity contribution in [2.24, 2.45) is 0 Å². The number of carbonyl (C=O) groups excluding carboxylic acids is 1. The van der Waals surface area contributed by atoms with Crippen molar-refractivity contribution in [3.8, 4) is 17.3 Å². The van der Waals surface area contributed by atoms with Gasteiger partial charge in [0.15, 0.2) is 0 Å². The number of nitriles is 1. The largest absolute Gasteiger partial charge is 0.346 e. The number of hydrogen-bond donors (Lipinski definition) is 1. The maximum Gasteiger partial charge on any atom is 0.253 e. The molecule has 1 aromatic heterocycles. The lowest BCUT2D eigenvalue weighted by Gasteiger charge is -2.32. The lowest BCUT2D eigenvalue weighted by molar-refractivity contribution is 0.0713. The second-order valence-electron chi connectivity index (χ2n) is 8.72. The third-order valence-corrected chi connectivity index (χ3v) is 6.43. The summed E-state index contributed by atoms with van der Waals surface area (Å²) >= 11 is 0. The Morgan fingerprint density at radius 3 is 2.47 bits per heavy atom. The maximum atomic E-state index is 13.3. The van der Waals surface area contributed by atoms with Crippen LogP contribution in [0.25, 0.3) is 11.3 Å². The van der Waals surface area contributed by atoms with Crippen LogP contribution in [0.4, 0.5) is 0 Å². The van der Waals surface area contributed by atoms with Crippen molar-refractivity contribution in [2.75, 3.05) is 13.1 Å². The van der Waals surface area contributed by atoms with Crippen molar-refractivity contribution < 1.29 is 4.79 Å². The molecule has 0 spiro atoms. The number of nitrogens with one attached hydrogen (secondary N) is 1. The van der Waals surface area contributed by atoms with Crippen LogP contribution in [-0.2, 0) is 6.42 Å². The molecule has 0 aliphatic carbocycles. The van der Waals surface area contributed by atoms with Gasteiger partial charge in [-0.15, -0.1) is 0 Å². The van der Waals surface area contributed by atoms with E-state index in [4.69, 9.17) is 10.2 Å². The molecule has 1 aliphatic heterocycles. The molecule has 0 radical (unpaired) electrons. The van der Waals surface area contributed by atoms with E-state index in [1.807, 2.05) is 55.1 Å². The number of piperidine rings is 1. The van der Waals surface area contributed by atoms with Gasteiger partial charge < -0.3 is 9.88 Å². The van der Waals surface area contributed by atoms with E-state index < -0.39 is 0 Å². The smallest absolute Gasteiger partial charge is 0.253 e. The van der Waals surface area contributed by atoms with Crippen LogP contribution in [0.3, 0.4) is 0 Å². The molecule has 1 fully saturated rings. The Kier molecular flexibility index (Phi) is 6.41. The average Bonchev–Trinajstić information content (AvgIpc) is 3.17. The Bertz CT molecular complexity index is 1150. The second-order valence-corrected chi connectivity index (χ2v) is 8.72. The van der Waals surface area contributed by atoms with E-state index >= 15 is 0 Å². The SMILES string of the molecule is CCCc1ccc(C(=O)N2CCC(c3ccc(C#N)cc3)CC2)cc1-c1nc(C)[nH]c1C. The van der Waals surface area contributed by atoms with Crippen molar-refractivity contribution in [3.05, 3.63) is 76.2 Å². The number of nitrogens with zero attached hydrogens (tertiary/aromatic N) is 3. The molecule has 5 heteroatoms. The van der Waals surface area contributed by atoms with Gasteiger partial charge in [0.25, 0.3) is 5.91 Å². The Hall–Kier alpha value is -3.39. The first-order chi connectivity index (χ1) is 15.5. The van der Waals surface area contributed by atoms with E-state index in [9.17, 15) is 4.79 Å². The van der Waals surface area contributed by atoms with Crippen molar-refractivity contribution >= 4 is 5.91 Å². The first-order valence-electron chi connectivity index (χ1n) is 11.5. The zero-order valence-electron chi connectivity index (χ0n) is 19.1. The van der Waals surface area contributed by atoms with Crippen LogP contribution >= 0.6 is 0 Å². The van der Waals surface area contributed by atoms with Gasteiger partial charge >= 0.3 is 0 Å². The number of aromatic amines is 1. The molecule has 1 N–H and O–H groups in total. The summed E-state index contributed by atoms with van der Waals surface area (Å²) in [7, 11) is 0. The monoisotopic (exact) mass is 426 g/mol. The molecule has 164 valence electrons. The number of imidazole rings is 1. The van der Waals surface area contributed by atoms with Gasteiger partial charge in [-0.3, -0.25) is 4.79 Å². The van der Waals surface area contributed by atoms with Gasteiger partial charge in [0.2, 0.25) is 0 Å². The Morgan fingerprint density at radius 2 is 1.88 bits per heavy atom. The number of rotatable bonds is 5. The molecule has 3 aromatic rings. The lowest BCUT2D eigenvalue weighted by atomic mass is 9.88. The van der Waals surface area contributed by atoms with Gasteiger partial charge in [-0.05, 0) is 74.4 Å². The molecule has 1 saturated heterocycles. The first kappa shape index (κ1) is 21.8. The molecule has 0 saturated carbocycles. The molecule has 4 rings (SSSR count). The molecule has 0 bridgehead atoms. The number of carbonyl (C=O) groups is 1. The van der Waals surface area contributed by atoms with Crippen LogP contribution in [-0.4, -0.2) is 33.9 Å². The summed E-state index contributed by atoms with van der Waals surface area (Å²) in [6.07, 6.45) is 3.89. The normalized spacial score (nSPS) is 14.4. The minimum Gasteiger partial charge on any atom is -0.346 e. The fourth-order valence-electron chi connectivity index (χ4n) is 4.72. The third-order valence-electron chi connectivity index (χ3n) is 6.43. The van der Waals surface area contributed by atoms with Gasteiger partial charge in [0, 0.05) is 29.9 Å². The molecule has 5 nitrogen and oxygen atoms in total. The summed E-state index contributed by atoms with van der Waals surface area (Å²) in [4.78, 5) is 23.3. The van der Waals surface area contributed by atoms with Gasteiger partial charge in [-0.2, -0.15) is 5.26 Å². The van der Waals surface area contributed by atoms with Crippen molar-refractivity contribution in [2.45, 2.75) is 52.4 Å². The number of amides is 1. The van der Waals surface area contributed by atoms with E-state index in [1.165, 1.54) is 11.1 Å². The number of benzene rings is 2. The average molecular weight is 427 g/mol. The summed E-state index contributed by atoms with van der Waals surface area (Å²) < 4.78 is 0. The molecule has 2 aromatic carbocycles. The number of hydrogen-bond acceptors (Lipinski definition) is 3. The third kappa shape index (κ3) is 4.45. The standard InChI is InChI=1S/C27H30N4O/c1-4-5-23-10-11-24(16-25(23)26-18(2)29-19(3)30-26)27(32)31-14-12-22(13-15-31)21-8-6-20(17-28)7-9-21/h6-11,16,22H,4-5,12-15H2,1-3H3,(H,29,30). The fraction of sp³-hybridized carbons (Fsp3) is 0.370. The number of aromatic nitrogens is 2.